The third-order valence-corrected chi connectivity index (χ3v) is 8.50. The van der Waals surface area contributed by atoms with Crippen LogP contribution in [0.1, 0.15) is 34.2 Å². The number of sulfonamides is 1. The highest BCUT2D eigenvalue weighted by molar-refractivity contribution is 7.89. The fraction of sp³-hybridized carbons (Fsp3) is 0.440. The van der Waals surface area contributed by atoms with Crippen LogP contribution in [0.5, 0.6) is 0 Å². The van der Waals surface area contributed by atoms with Crippen molar-refractivity contribution in [2.45, 2.75) is 38.8 Å². The van der Waals surface area contributed by atoms with Gasteiger partial charge in [0, 0.05) is 52.4 Å². The predicted octanol–water partition coefficient (Wildman–Crippen LogP) is 2.88. The number of aryl methyl sites for hydroxylation is 3. The first kappa shape index (κ1) is 24.4. The smallest absolute Gasteiger partial charge is 0.253 e. The molecule has 0 unspecified atom stereocenters. The van der Waals surface area contributed by atoms with Crippen LogP contribution in [0.4, 0.5) is 0 Å². The third-order valence-electron chi connectivity index (χ3n) is 6.45. The normalized spacial score (nSPS) is 15.7. The van der Waals surface area contributed by atoms with Crippen molar-refractivity contribution in [2.24, 2.45) is 0 Å². The molecule has 1 aliphatic rings. The number of nitrogens with zero attached hydrogens (tertiary/aromatic N) is 5. The SMILES string of the molecule is CCn1c(CN2CCN(S(=O)(=O)c3cc(C)ccc3C)CC2)nc2cc(C(=O)N(C)C)ccc21. The number of rotatable bonds is 6. The molecule has 8 nitrogen and oxygen atoms in total. The zero-order valence-corrected chi connectivity index (χ0v) is 21.4. The van der Waals surface area contributed by atoms with Crippen molar-refractivity contribution in [3.05, 3.63) is 58.9 Å². The number of carbonyl (C=O) groups is 1. The minimum absolute atomic E-state index is 0.0457. The number of piperazine rings is 1. The number of hydrogen-bond acceptors (Lipinski definition) is 5. The minimum Gasteiger partial charge on any atom is -0.345 e. The molecule has 1 aliphatic heterocycles. The Balaban J connectivity index is 1.50. The first-order valence-electron chi connectivity index (χ1n) is 11.6. The van der Waals surface area contributed by atoms with Crippen molar-refractivity contribution < 1.29 is 13.2 Å². The van der Waals surface area contributed by atoms with E-state index >= 15 is 0 Å². The van der Waals surface area contributed by atoms with Crippen LogP contribution in [0.2, 0.25) is 0 Å². The summed E-state index contributed by atoms with van der Waals surface area (Å²) >= 11 is 0. The summed E-state index contributed by atoms with van der Waals surface area (Å²) in [6.45, 7) is 9.42. The van der Waals surface area contributed by atoms with E-state index in [0.29, 0.717) is 43.2 Å². The maximum absolute atomic E-state index is 13.2. The van der Waals surface area contributed by atoms with Gasteiger partial charge in [0.2, 0.25) is 10.0 Å². The van der Waals surface area contributed by atoms with Gasteiger partial charge >= 0.3 is 0 Å². The molecule has 1 amide bonds. The van der Waals surface area contributed by atoms with Gasteiger partial charge in [0.15, 0.2) is 0 Å². The molecule has 0 N–H and O–H groups in total. The number of fused-ring (bicyclic) bond motifs is 1. The average molecular weight is 484 g/mol. The lowest BCUT2D eigenvalue weighted by Gasteiger charge is -2.34. The van der Waals surface area contributed by atoms with Crippen LogP contribution in [0.25, 0.3) is 11.0 Å². The van der Waals surface area contributed by atoms with E-state index in [4.69, 9.17) is 4.98 Å². The average Bonchev–Trinajstić information content (AvgIpc) is 3.16. The van der Waals surface area contributed by atoms with Crippen molar-refractivity contribution in [2.75, 3.05) is 40.3 Å². The van der Waals surface area contributed by atoms with Crippen LogP contribution in [0.15, 0.2) is 41.3 Å². The lowest BCUT2D eigenvalue weighted by molar-refractivity contribution is 0.0827. The zero-order chi connectivity index (χ0) is 24.6. The fourth-order valence-corrected chi connectivity index (χ4v) is 6.23. The Hall–Kier alpha value is -2.75. The maximum Gasteiger partial charge on any atom is 0.253 e. The number of amides is 1. The molecule has 0 spiro atoms. The lowest BCUT2D eigenvalue weighted by Crippen LogP contribution is -2.48. The summed E-state index contributed by atoms with van der Waals surface area (Å²) in [7, 11) is -0.0373. The van der Waals surface area contributed by atoms with E-state index < -0.39 is 10.0 Å². The molecule has 34 heavy (non-hydrogen) atoms. The highest BCUT2D eigenvalue weighted by Crippen LogP contribution is 2.24. The topological polar surface area (TPSA) is 78.7 Å². The van der Waals surface area contributed by atoms with Crippen LogP contribution >= 0.6 is 0 Å². The highest BCUT2D eigenvalue weighted by atomic mass is 32.2. The summed E-state index contributed by atoms with van der Waals surface area (Å²) in [4.78, 5) is 21.4. The van der Waals surface area contributed by atoms with Gasteiger partial charge in [-0.15, -0.1) is 0 Å². The summed E-state index contributed by atoms with van der Waals surface area (Å²) < 4.78 is 30.2. The van der Waals surface area contributed by atoms with Gasteiger partial charge in [-0.05, 0) is 56.2 Å². The molecule has 0 aliphatic carbocycles. The second-order valence-corrected chi connectivity index (χ2v) is 11.0. The zero-order valence-electron chi connectivity index (χ0n) is 20.6. The summed E-state index contributed by atoms with van der Waals surface area (Å²) in [6.07, 6.45) is 0. The molecule has 3 aromatic rings. The molecule has 2 aromatic carbocycles. The summed E-state index contributed by atoms with van der Waals surface area (Å²) in [5, 5.41) is 0. The fourth-order valence-electron chi connectivity index (χ4n) is 4.50. The van der Waals surface area contributed by atoms with Gasteiger partial charge < -0.3 is 9.47 Å². The van der Waals surface area contributed by atoms with Crippen molar-refractivity contribution in [1.29, 1.82) is 0 Å². The molecule has 2 heterocycles. The maximum atomic E-state index is 13.2. The molecule has 0 bridgehead atoms. The molecule has 4 rings (SSSR count). The summed E-state index contributed by atoms with van der Waals surface area (Å²) in [5.41, 5.74) is 4.15. The van der Waals surface area contributed by atoms with Crippen LogP contribution in [-0.4, -0.2) is 78.3 Å². The van der Waals surface area contributed by atoms with E-state index in [2.05, 4.69) is 16.4 Å². The molecule has 0 saturated carbocycles. The Morgan fingerprint density at radius 2 is 1.74 bits per heavy atom. The van der Waals surface area contributed by atoms with Crippen molar-refractivity contribution in [1.82, 2.24) is 23.7 Å². The van der Waals surface area contributed by atoms with Gasteiger partial charge in [0.05, 0.1) is 22.5 Å². The first-order valence-corrected chi connectivity index (χ1v) is 13.1. The Bertz CT molecular complexity index is 1320. The standard InChI is InChI=1S/C25H33N5O3S/c1-6-30-22-10-9-20(25(31)27(4)5)16-21(22)26-24(30)17-28-11-13-29(14-12-28)34(32,33)23-15-18(2)7-8-19(23)3/h7-10,15-16H,6,11-14,17H2,1-5H3. The quantitative estimate of drug-likeness (QED) is 0.539. The van der Waals surface area contributed by atoms with Gasteiger partial charge in [-0.2, -0.15) is 4.31 Å². The molecule has 1 saturated heterocycles. The molecule has 9 heteroatoms. The molecule has 182 valence electrons. The van der Waals surface area contributed by atoms with E-state index in [1.807, 2.05) is 44.2 Å². The first-order chi connectivity index (χ1) is 16.1. The molecule has 0 radical (unpaired) electrons. The molecule has 1 aromatic heterocycles. The monoisotopic (exact) mass is 483 g/mol. The Morgan fingerprint density at radius 1 is 1.03 bits per heavy atom. The van der Waals surface area contributed by atoms with Crippen LogP contribution in [0, 0.1) is 13.8 Å². The van der Waals surface area contributed by atoms with Crippen molar-refractivity contribution in [3.8, 4) is 0 Å². The number of benzene rings is 2. The van der Waals surface area contributed by atoms with Crippen molar-refractivity contribution in [3.63, 3.8) is 0 Å². The summed E-state index contributed by atoms with van der Waals surface area (Å²) in [6, 6.07) is 11.2. The van der Waals surface area contributed by atoms with E-state index in [1.54, 1.807) is 29.4 Å². The third kappa shape index (κ3) is 4.60. The molecular formula is C25H33N5O3S. The van der Waals surface area contributed by atoms with E-state index in [-0.39, 0.29) is 5.91 Å². The lowest BCUT2D eigenvalue weighted by atomic mass is 10.2. The van der Waals surface area contributed by atoms with Crippen LogP contribution in [0.3, 0.4) is 0 Å². The van der Waals surface area contributed by atoms with Crippen molar-refractivity contribution >= 4 is 27.0 Å². The minimum atomic E-state index is -3.51. The Morgan fingerprint density at radius 3 is 2.38 bits per heavy atom. The highest BCUT2D eigenvalue weighted by Gasteiger charge is 2.30. The number of carbonyl (C=O) groups excluding carboxylic acids is 1. The van der Waals surface area contributed by atoms with E-state index in [9.17, 15) is 13.2 Å². The molecular weight excluding hydrogens is 450 g/mol. The Labute approximate surface area is 201 Å². The van der Waals surface area contributed by atoms with Gasteiger partial charge in [-0.1, -0.05) is 12.1 Å². The van der Waals surface area contributed by atoms with Gasteiger partial charge in [-0.3, -0.25) is 9.69 Å². The number of imidazole rings is 1. The summed E-state index contributed by atoms with van der Waals surface area (Å²) in [5.74, 6) is 0.883. The van der Waals surface area contributed by atoms with Gasteiger partial charge in [-0.25, -0.2) is 13.4 Å². The van der Waals surface area contributed by atoms with Crippen LogP contribution in [-0.2, 0) is 23.1 Å². The predicted molar refractivity (Wildman–Crippen MR) is 133 cm³/mol. The van der Waals surface area contributed by atoms with Gasteiger partial charge in [0.25, 0.3) is 5.91 Å². The second-order valence-electron chi connectivity index (χ2n) is 9.12. The van der Waals surface area contributed by atoms with E-state index in [1.165, 1.54) is 0 Å². The molecule has 1 fully saturated rings. The Kier molecular flexibility index (Phi) is 6.80. The number of hydrogen-bond donors (Lipinski definition) is 0. The van der Waals surface area contributed by atoms with E-state index in [0.717, 1.165) is 34.5 Å². The van der Waals surface area contributed by atoms with Gasteiger partial charge in [0.1, 0.15) is 5.82 Å². The second kappa shape index (κ2) is 9.48. The van der Waals surface area contributed by atoms with Crippen LogP contribution < -0.4 is 0 Å². The largest absolute Gasteiger partial charge is 0.345 e. The molecule has 0 atom stereocenters. The number of aromatic nitrogens is 2.